The van der Waals surface area contributed by atoms with E-state index in [1.165, 1.54) is 37.7 Å². The van der Waals surface area contributed by atoms with Crippen molar-refractivity contribution in [2.45, 2.75) is 0 Å². The van der Waals surface area contributed by atoms with Gasteiger partial charge in [0, 0.05) is 12.4 Å². The normalized spacial score (nSPS) is 9.05. The van der Waals surface area contributed by atoms with Gasteiger partial charge in [-0.2, -0.15) is 0 Å². The molecule has 0 bridgehead atoms. The van der Waals surface area contributed by atoms with Crippen LogP contribution in [0.5, 0.6) is 5.75 Å². The van der Waals surface area contributed by atoms with E-state index >= 15 is 0 Å². The lowest BCUT2D eigenvalue weighted by molar-refractivity contribution is 0.0589. The zero-order valence-electron chi connectivity index (χ0n) is 10.6. The monoisotopic (exact) mass is 276 g/mol. The second-order valence-electron chi connectivity index (χ2n) is 3.38. The van der Waals surface area contributed by atoms with Crippen LogP contribution in [0.2, 0.25) is 0 Å². The third kappa shape index (κ3) is 4.37. The Bertz CT molecular complexity index is 586. The summed E-state index contributed by atoms with van der Waals surface area (Å²) in [4.78, 5) is 28.1. The molecule has 0 aromatic carbocycles. The van der Waals surface area contributed by atoms with Crippen LogP contribution in [0.1, 0.15) is 21.0 Å². The first-order chi connectivity index (χ1) is 9.56. The minimum Gasteiger partial charge on any atom is -0.505 e. The van der Waals surface area contributed by atoms with Crippen LogP contribution in [-0.2, 0) is 4.74 Å². The van der Waals surface area contributed by atoms with Gasteiger partial charge in [0.2, 0.25) is 0 Å². The van der Waals surface area contributed by atoms with Gasteiger partial charge in [0.05, 0.1) is 7.11 Å². The van der Waals surface area contributed by atoms with Gasteiger partial charge in [-0.25, -0.2) is 19.6 Å². The number of hydrogen-bond acceptors (Lipinski definition) is 6. The number of carboxylic acids is 1. The van der Waals surface area contributed by atoms with E-state index in [0.29, 0.717) is 0 Å². The highest BCUT2D eigenvalue weighted by atomic mass is 16.5. The number of rotatable bonds is 2. The van der Waals surface area contributed by atoms with Gasteiger partial charge in [0.25, 0.3) is 0 Å². The van der Waals surface area contributed by atoms with Gasteiger partial charge in [-0.15, -0.1) is 0 Å². The minimum absolute atomic E-state index is 0.0602. The van der Waals surface area contributed by atoms with Crippen molar-refractivity contribution in [2.24, 2.45) is 0 Å². The molecule has 0 saturated carbocycles. The van der Waals surface area contributed by atoms with Crippen molar-refractivity contribution in [3.05, 3.63) is 54.1 Å². The quantitative estimate of drug-likeness (QED) is 0.796. The Morgan fingerprint density at radius 2 is 1.80 bits per heavy atom. The number of ether oxygens (including phenoxy) is 1. The molecule has 0 atom stereocenters. The molecule has 2 aromatic heterocycles. The molecular weight excluding hydrogens is 264 g/mol. The first kappa shape index (κ1) is 15.1. The number of pyridine rings is 2. The largest absolute Gasteiger partial charge is 0.505 e. The molecule has 7 heteroatoms. The summed E-state index contributed by atoms with van der Waals surface area (Å²) in [6.45, 7) is 0. The highest BCUT2D eigenvalue weighted by Crippen LogP contribution is 2.12. The second kappa shape index (κ2) is 7.47. The average Bonchev–Trinajstić information content (AvgIpc) is 2.48. The summed E-state index contributed by atoms with van der Waals surface area (Å²) in [5.74, 6) is -1.79. The lowest BCUT2D eigenvalue weighted by Gasteiger charge is -1.98. The molecule has 2 aromatic rings. The molecule has 2 N–H and O–H groups in total. The Morgan fingerprint density at radius 1 is 1.10 bits per heavy atom. The lowest BCUT2D eigenvalue weighted by Crippen LogP contribution is -2.03. The Kier molecular flexibility index (Phi) is 5.64. The Morgan fingerprint density at radius 3 is 2.25 bits per heavy atom. The number of aromatic nitrogens is 2. The van der Waals surface area contributed by atoms with Crippen molar-refractivity contribution >= 4 is 11.9 Å². The fourth-order valence-electron chi connectivity index (χ4n) is 1.14. The van der Waals surface area contributed by atoms with Crippen molar-refractivity contribution in [1.82, 2.24) is 9.97 Å². The fraction of sp³-hybridized carbons (Fsp3) is 0.0769. The van der Waals surface area contributed by atoms with Crippen molar-refractivity contribution in [3.63, 3.8) is 0 Å². The Labute approximate surface area is 114 Å². The van der Waals surface area contributed by atoms with Crippen LogP contribution >= 0.6 is 0 Å². The molecule has 0 aliphatic carbocycles. The predicted molar refractivity (Wildman–Crippen MR) is 68.4 cm³/mol. The summed E-state index contributed by atoms with van der Waals surface area (Å²) in [6, 6.07) is 7.66. The summed E-state index contributed by atoms with van der Waals surface area (Å²) in [7, 11) is 1.23. The maximum absolute atomic E-state index is 10.8. The van der Waals surface area contributed by atoms with Gasteiger partial charge < -0.3 is 14.9 Å². The molecule has 104 valence electrons. The summed E-state index contributed by atoms with van der Waals surface area (Å²) in [5.41, 5.74) is 0.0208. The molecule has 0 aliphatic heterocycles. The molecule has 2 rings (SSSR count). The molecular formula is C13H12N2O5. The van der Waals surface area contributed by atoms with Crippen LogP contribution in [0.15, 0.2) is 42.7 Å². The van der Waals surface area contributed by atoms with E-state index in [0.717, 1.165) is 0 Å². The fourth-order valence-corrected chi connectivity index (χ4v) is 1.14. The van der Waals surface area contributed by atoms with Crippen molar-refractivity contribution in [2.75, 3.05) is 7.11 Å². The highest BCUT2D eigenvalue weighted by molar-refractivity contribution is 5.89. The number of aromatic hydroxyl groups is 1. The third-order valence-corrected chi connectivity index (χ3v) is 2.05. The van der Waals surface area contributed by atoms with E-state index in [1.54, 1.807) is 12.1 Å². The summed E-state index contributed by atoms with van der Waals surface area (Å²) >= 11 is 0. The van der Waals surface area contributed by atoms with E-state index in [1.807, 2.05) is 0 Å². The molecule has 0 aliphatic rings. The number of hydrogen-bond donors (Lipinski definition) is 2. The molecule has 0 radical (unpaired) electrons. The van der Waals surface area contributed by atoms with Crippen LogP contribution < -0.4 is 0 Å². The average molecular weight is 276 g/mol. The summed E-state index contributed by atoms with van der Waals surface area (Å²) < 4.78 is 4.36. The van der Waals surface area contributed by atoms with Gasteiger partial charge >= 0.3 is 11.9 Å². The maximum Gasteiger partial charge on any atom is 0.360 e. The zero-order valence-corrected chi connectivity index (χ0v) is 10.6. The minimum atomic E-state index is -0.990. The van der Waals surface area contributed by atoms with E-state index in [-0.39, 0.29) is 17.1 Å². The van der Waals surface area contributed by atoms with Crippen LogP contribution in [0, 0.1) is 0 Å². The standard InChI is InChI=1S/C7H7NO3.C6H5NO2/c1-11-7(10)6-5(9)3-2-4-8-6;8-6(9)5-3-1-2-4-7-5/h2-4,9H,1H3;1-4H,(H,8,9). The maximum atomic E-state index is 10.8. The van der Waals surface area contributed by atoms with Crippen LogP contribution in [0.4, 0.5) is 0 Å². The molecule has 0 saturated heterocycles. The zero-order chi connectivity index (χ0) is 15.0. The van der Waals surface area contributed by atoms with Gasteiger partial charge in [0.15, 0.2) is 5.69 Å². The number of aromatic carboxylic acids is 1. The first-order valence-electron chi connectivity index (χ1n) is 5.43. The SMILES string of the molecule is COC(=O)c1ncccc1O.O=C(O)c1ccccn1. The Balaban J connectivity index is 0.000000204. The van der Waals surface area contributed by atoms with Crippen LogP contribution in [0.25, 0.3) is 0 Å². The third-order valence-electron chi connectivity index (χ3n) is 2.05. The van der Waals surface area contributed by atoms with Crippen LogP contribution in [-0.4, -0.2) is 39.2 Å². The molecule has 0 spiro atoms. The molecule has 0 unspecified atom stereocenters. The molecule has 2 heterocycles. The summed E-state index contributed by atoms with van der Waals surface area (Å²) in [5, 5.41) is 17.4. The first-order valence-corrected chi connectivity index (χ1v) is 5.43. The van der Waals surface area contributed by atoms with Gasteiger partial charge in [-0.1, -0.05) is 6.07 Å². The van der Waals surface area contributed by atoms with E-state index in [9.17, 15) is 9.59 Å². The number of carbonyl (C=O) groups excluding carboxylic acids is 1. The number of esters is 1. The molecule has 20 heavy (non-hydrogen) atoms. The van der Waals surface area contributed by atoms with Gasteiger partial charge in [-0.3, -0.25) is 0 Å². The topological polar surface area (TPSA) is 110 Å². The molecule has 0 fully saturated rings. The lowest BCUT2D eigenvalue weighted by atomic mass is 10.3. The van der Waals surface area contributed by atoms with Gasteiger partial charge in [0.1, 0.15) is 11.4 Å². The van der Waals surface area contributed by atoms with Crippen molar-refractivity contribution in [1.29, 1.82) is 0 Å². The summed E-state index contributed by atoms with van der Waals surface area (Å²) in [6.07, 6.45) is 2.86. The smallest absolute Gasteiger partial charge is 0.360 e. The second-order valence-corrected chi connectivity index (χ2v) is 3.38. The van der Waals surface area contributed by atoms with E-state index < -0.39 is 11.9 Å². The van der Waals surface area contributed by atoms with Crippen LogP contribution in [0.3, 0.4) is 0 Å². The number of nitrogens with zero attached hydrogens (tertiary/aromatic N) is 2. The molecule has 7 nitrogen and oxygen atoms in total. The Hall–Kier alpha value is -2.96. The number of carbonyl (C=O) groups is 2. The molecule has 0 amide bonds. The number of methoxy groups -OCH3 is 1. The van der Waals surface area contributed by atoms with Crippen molar-refractivity contribution < 1.29 is 24.5 Å². The van der Waals surface area contributed by atoms with Crippen molar-refractivity contribution in [3.8, 4) is 5.75 Å². The predicted octanol–water partition coefficient (Wildman–Crippen LogP) is 1.35. The van der Waals surface area contributed by atoms with E-state index in [4.69, 9.17) is 10.2 Å². The van der Waals surface area contributed by atoms with E-state index in [2.05, 4.69) is 14.7 Å². The van der Waals surface area contributed by atoms with Gasteiger partial charge in [-0.05, 0) is 24.3 Å². The highest BCUT2D eigenvalue weighted by Gasteiger charge is 2.10. The number of carboxylic acid groups (broad SMARTS) is 1.